The van der Waals surface area contributed by atoms with E-state index >= 15 is 0 Å². The van der Waals surface area contributed by atoms with Gasteiger partial charge in [0.25, 0.3) is 0 Å². The van der Waals surface area contributed by atoms with Crippen molar-refractivity contribution in [2.24, 2.45) is 14.1 Å². The van der Waals surface area contributed by atoms with Crippen LogP contribution in [-0.4, -0.2) is 16.2 Å². The van der Waals surface area contributed by atoms with Gasteiger partial charge in [-0.25, -0.2) is 4.99 Å². The molecule has 26 heavy (non-hydrogen) atoms. The zero-order valence-corrected chi connectivity index (χ0v) is 17.2. The van der Waals surface area contributed by atoms with Gasteiger partial charge in [0.15, 0.2) is 5.36 Å². The highest BCUT2D eigenvalue weighted by Gasteiger charge is 2.15. The molecule has 0 radical (unpaired) electrons. The molecule has 0 atom stereocenters. The highest BCUT2D eigenvalue weighted by atomic mass is 127. The molecule has 0 aliphatic rings. The van der Waals surface area contributed by atoms with E-state index in [1.807, 2.05) is 7.05 Å². The summed E-state index contributed by atoms with van der Waals surface area (Å²) in [6.45, 7) is 0. The van der Waals surface area contributed by atoms with E-state index in [1.165, 1.54) is 43.6 Å². The molecule has 0 aliphatic carbocycles. The van der Waals surface area contributed by atoms with E-state index in [0.29, 0.717) is 0 Å². The van der Waals surface area contributed by atoms with Gasteiger partial charge in [-0.2, -0.15) is 0 Å². The first-order valence-electron chi connectivity index (χ1n) is 8.60. The van der Waals surface area contributed by atoms with Crippen LogP contribution in [0, 0.1) is 0 Å². The molecular formula is C22H20IN3. The summed E-state index contributed by atoms with van der Waals surface area (Å²) in [4.78, 5) is 3.26. The minimum atomic E-state index is 0. The molecule has 0 fully saturated rings. The van der Waals surface area contributed by atoms with E-state index in [0.717, 1.165) is 5.36 Å². The monoisotopic (exact) mass is 453 g/mol. The van der Waals surface area contributed by atoms with Crippen molar-refractivity contribution in [1.29, 1.82) is 0 Å². The van der Waals surface area contributed by atoms with Gasteiger partial charge in [-0.1, -0.05) is 30.3 Å². The van der Waals surface area contributed by atoms with E-state index in [2.05, 4.69) is 88.9 Å². The molecule has 4 heteroatoms. The lowest BCUT2D eigenvalue weighted by molar-refractivity contribution is -0.465. The first kappa shape index (κ1) is 17.1. The first-order chi connectivity index (χ1) is 12.2. The Morgan fingerprint density at radius 2 is 1.42 bits per heavy atom. The minimum Gasteiger partial charge on any atom is -1.00 e. The van der Waals surface area contributed by atoms with E-state index < -0.39 is 0 Å². The average Bonchev–Trinajstić information content (AvgIpc) is 2.67. The van der Waals surface area contributed by atoms with Crippen LogP contribution in [0.4, 0.5) is 0 Å². The normalized spacial score (nSPS) is 12.3. The van der Waals surface area contributed by atoms with Crippen molar-refractivity contribution in [2.75, 3.05) is 7.05 Å². The molecule has 2 aromatic heterocycles. The summed E-state index contributed by atoms with van der Waals surface area (Å²) in [5.74, 6) is 0. The molecule has 0 unspecified atom stereocenters. The SMILES string of the molecule is C[NH+]=c1ccc2c3cccc4c3c(c3ccccc3n4C)n(C)c2c1.[I-]. The Bertz CT molecular complexity index is 1370. The Balaban J connectivity index is 0.00000168. The molecule has 0 amide bonds. The third kappa shape index (κ3) is 2.14. The highest BCUT2D eigenvalue weighted by Crippen LogP contribution is 2.36. The predicted octanol–water partition coefficient (Wildman–Crippen LogP) is -0.408. The molecule has 2 heterocycles. The topological polar surface area (TPSA) is 23.8 Å². The number of para-hydroxylation sites is 1. The van der Waals surface area contributed by atoms with Gasteiger partial charge >= 0.3 is 0 Å². The van der Waals surface area contributed by atoms with Gasteiger partial charge in [0.05, 0.1) is 22.1 Å². The average molecular weight is 453 g/mol. The number of nitrogens with zero attached hydrogens (tertiary/aromatic N) is 2. The van der Waals surface area contributed by atoms with Gasteiger partial charge < -0.3 is 33.1 Å². The molecule has 0 spiro atoms. The fourth-order valence-electron chi connectivity index (χ4n) is 4.19. The smallest absolute Gasteiger partial charge is 0.200 e. The molecule has 0 bridgehead atoms. The molecular weight excluding hydrogens is 433 g/mol. The Labute approximate surface area is 168 Å². The Morgan fingerprint density at radius 3 is 2.23 bits per heavy atom. The maximum absolute atomic E-state index is 3.26. The minimum absolute atomic E-state index is 0. The van der Waals surface area contributed by atoms with Crippen LogP contribution in [0.2, 0.25) is 0 Å². The van der Waals surface area contributed by atoms with Crippen LogP contribution in [0.25, 0.3) is 43.6 Å². The van der Waals surface area contributed by atoms with Crippen LogP contribution in [-0.2, 0) is 14.1 Å². The second-order valence-electron chi connectivity index (χ2n) is 6.67. The fraction of sp³-hybridized carbons (Fsp3) is 0.136. The van der Waals surface area contributed by atoms with Gasteiger partial charge in [0.1, 0.15) is 7.05 Å². The van der Waals surface area contributed by atoms with Gasteiger partial charge in [0.2, 0.25) is 0 Å². The number of rotatable bonds is 0. The number of nitrogens with one attached hydrogen (secondary N) is 1. The molecule has 130 valence electrons. The van der Waals surface area contributed by atoms with Crippen LogP contribution in [0.15, 0.2) is 60.7 Å². The van der Waals surface area contributed by atoms with Gasteiger partial charge in [-0.15, -0.1) is 0 Å². The summed E-state index contributed by atoms with van der Waals surface area (Å²) >= 11 is 0. The fourth-order valence-corrected chi connectivity index (χ4v) is 4.19. The van der Waals surface area contributed by atoms with Gasteiger partial charge in [0, 0.05) is 42.4 Å². The van der Waals surface area contributed by atoms with Crippen molar-refractivity contribution < 1.29 is 29.0 Å². The van der Waals surface area contributed by atoms with E-state index in [4.69, 9.17) is 0 Å². The summed E-state index contributed by atoms with van der Waals surface area (Å²) < 4.78 is 4.65. The number of hydrogen-bond acceptors (Lipinski definition) is 0. The van der Waals surface area contributed by atoms with Crippen LogP contribution in [0.1, 0.15) is 0 Å². The second-order valence-corrected chi connectivity index (χ2v) is 6.67. The van der Waals surface area contributed by atoms with Crippen LogP contribution < -0.4 is 34.3 Å². The lowest BCUT2D eigenvalue weighted by atomic mass is 9.99. The zero-order chi connectivity index (χ0) is 17.1. The van der Waals surface area contributed by atoms with Crippen LogP contribution >= 0.6 is 0 Å². The number of fused-ring (bicyclic) bond motifs is 4. The Morgan fingerprint density at radius 1 is 0.692 bits per heavy atom. The largest absolute Gasteiger partial charge is 1.00 e. The third-order valence-electron chi connectivity index (χ3n) is 5.43. The second kappa shape index (κ2) is 6.13. The summed E-state index contributed by atoms with van der Waals surface area (Å²) in [5.41, 5.74) is 5.05. The summed E-state index contributed by atoms with van der Waals surface area (Å²) in [6, 6.07) is 21.9. The van der Waals surface area contributed by atoms with Crippen LogP contribution in [0.5, 0.6) is 0 Å². The molecule has 0 saturated carbocycles. The third-order valence-corrected chi connectivity index (χ3v) is 5.43. The molecule has 0 aliphatic heterocycles. The van der Waals surface area contributed by atoms with Gasteiger partial charge in [-0.05, 0) is 23.6 Å². The molecule has 3 nitrogen and oxygen atoms in total. The highest BCUT2D eigenvalue weighted by molar-refractivity contribution is 6.24. The number of pyridine rings is 2. The molecule has 5 aromatic rings. The van der Waals surface area contributed by atoms with E-state index in [-0.39, 0.29) is 24.0 Å². The van der Waals surface area contributed by atoms with Crippen molar-refractivity contribution in [2.45, 2.75) is 0 Å². The molecule has 1 N–H and O–H groups in total. The van der Waals surface area contributed by atoms with Crippen molar-refractivity contribution >= 4 is 43.6 Å². The maximum Gasteiger partial charge on any atom is 0.200 e. The summed E-state index contributed by atoms with van der Waals surface area (Å²) in [6.07, 6.45) is 0. The van der Waals surface area contributed by atoms with Crippen molar-refractivity contribution in [3.05, 3.63) is 66.0 Å². The van der Waals surface area contributed by atoms with E-state index in [1.54, 1.807) is 0 Å². The molecule has 5 rings (SSSR count). The van der Waals surface area contributed by atoms with Crippen molar-refractivity contribution in [1.82, 2.24) is 9.13 Å². The number of aromatic nitrogens is 2. The van der Waals surface area contributed by atoms with Gasteiger partial charge in [-0.3, -0.25) is 0 Å². The quantitative estimate of drug-likeness (QED) is 0.187. The predicted molar refractivity (Wildman–Crippen MR) is 104 cm³/mol. The maximum atomic E-state index is 3.26. The summed E-state index contributed by atoms with van der Waals surface area (Å²) in [7, 11) is 6.30. The lowest BCUT2D eigenvalue weighted by Gasteiger charge is -2.20. The first-order valence-corrected chi connectivity index (χ1v) is 8.60. The number of benzene rings is 3. The zero-order valence-electron chi connectivity index (χ0n) is 15.0. The Hall–Kier alpha value is -2.34. The number of hydrogen-bond donors (Lipinski definition) is 1. The lowest BCUT2D eigenvalue weighted by Crippen LogP contribution is -3.00. The summed E-state index contributed by atoms with van der Waals surface area (Å²) in [5, 5.41) is 6.34. The number of aryl methyl sites for hydroxylation is 2. The van der Waals surface area contributed by atoms with E-state index in [9.17, 15) is 0 Å². The van der Waals surface area contributed by atoms with Crippen LogP contribution in [0.3, 0.4) is 0 Å². The molecule has 0 saturated heterocycles. The van der Waals surface area contributed by atoms with Crippen molar-refractivity contribution in [3.8, 4) is 0 Å². The Kier molecular flexibility index (Phi) is 4.03. The standard InChI is InChI=1S/C22H19N3.HI/c1-23-14-11-12-15-16-8-6-10-19-21(16)22(25(3)20(15)13-14)17-7-4-5-9-18(17)24(19)2;/h4-13H,1-3H3;1H. The van der Waals surface area contributed by atoms with Crippen molar-refractivity contribution in [3.63, 3.8) is 0 Å². The number of halogens is 1. The molecule has 3 aromatic carbocycles.